The number of rotatable bonds is 4. The van der Waals surface area contributed by atoms with Crippen LogP contribution in [0, 0.1) is 5.92 Å². The van der Waals surface area contributed by atoms with Crippen LogP contribution in [0.25, 0.3) is 0 Å². The zero-order chi connectivity index (χ0) is 13.8. The highest BCUT2D eigenvalue weighted by molar-refractivity contribution is 6.32. The molecular weight excluding hydrogens is 266 g/mol. The molecule has 1 saturated carbocycles. The third-order valence-electron chi connectivity index (χ3n) is 2.57. The van der Waals surface area contributed by atoms with E-state index in [0.717, 1.165) is 0 Å². The second kappa shape index (κ2) is 5.79. The van der Waals surface area contributed by atoms with Crippen molar-refractivity contribution >= 4 is 29.2 Å². The van der Waals surface area contributed by atoms with Gasteiger partial charge in [-0.25, -0.2) is 4.99 Å². The summed E-state index contributed by atoms with van der Waals surface area (Å²) in [6, 6.07) is 5.15. The standard InChI is InChI=1S/C12H16ClN5O/c13-9-5-8(17-12(16)18-11(14)15)3-4-10(9)19-6-7-1-2-7/h3-5,7H,1-2,6H2,(H6,14,15,16,17,18). The molecule has 0 aromatic heterocycles. The molecule has 102 valence electrons. The van der Waals surface area contributed by atoms with Gasteiger partial charge < -0.3 is 21.9 Å². The molecule has 1 fully saturated rings. The van der Waals surface area contributed by atoms with Crippen molar-refractivity contribution in [3.05, 3.63) is 23.2 Å². The first kappa shape index (κ1) is 13.5. The molecule has 0 spiro atoms. The Hall–Kier alpha value is -1.95. The van der Waals surface area contributed by atoms with Crippen LogP contribution in [0.15, 0.2) is 28.2 Å². The fraction of sp³-hybridized carbons (Fsp3) is 0.333. The minimum absolute atomic E-state index is 0.0253. The van der Waals surface area contributed by atoms with Crippen molar-refractivity contribution < 1.29 is 4.74 Å². The van der Waals surface area contributed by atoms with Gasteiger partial charge in [0.25, 0.3) is 0 Å². The Balaban J connectivity index is 2.06. The molecule has 1 aromatic rings. The number of aliphatic imine (C=N–C) groups is 2. The lowest BCUT2D eigenvalue weighted by atomic mass is 10.3. The zero-order valence-electron chi connectivity index (χ0n) is 10.3. The normalized spacial score (nSPS) is 15.1. The summed E-state index contributed by atoms with van der Waals surface area (Å²) >= 11 is 6.10. The maximum atomic E-state index is 6.10. The predicted octanol–water partition coefficient (Wildman–Crippen LogP) is 1.35. The van der Waals surface area contributed by atoms with E-state index in [1.807, 2.05) is 0 Å². The number of hydrogen-bond acceptors (Lipinski definition) is 2. The molecule has 7 heteroatoms. The van der Waals surface area contributed by atoms with E-state index in [4.69, 9.17) is 33.5 Å². The number of nitrogens with two attached hydrogens (primary N) is 3. The van der Waals surface area contributed by atoms with Gasteiger partial charge in [0, 0.05) is 0 Å². The molecule has 0 atom stereocenters. The van der Waals surface area contributed by atoms with E-state index in [0.29, 0.717) is 29.0 Å². The highest BCUT2D eigenvalue weighted by Gasteiger charge is 2.22. The largest absolute Gasteiger partial charge is 0.492 e. The van der Waals surface area contributed by atoms with Gasteiger partial charge in [0.05, 0.1) is 17.3 Å². The fourth-order valence-corrected chi connectivity index (χ4v) is 1.69. The van der Waals surface area contributed by atoms with Gasteiger partial charge in [0.2, 0.25) is 5.96 Å². The Labute approximate surface area is 116 Å². The van der Waals surface area contributed by atoms with Crippen LogP contribution in [0.4, 0.5) is 5.69 Å². The van der Waals surface area contributed by atoms with E-state index in [1.165, 1.54) is 12.8 Å². The van der Waals surface area contributed by atoms with Crippen LogP contribution in [0.1, 0.15) is 12.8 Å². The lowest BCUT2D eigenvalue weighted by Gasteiger charge is -2.07. The van der Waals surface area contributed by atoms with Crippen LogP contribution >= 0.6 is 11.6 Å². The molecule has 0 bridgehead atoms. The van der Waals surface area contributed by atoms with Crippen LogP contribution in [0.3, 0.4) is 0 Å². The van der Waals surface area contributed by atoms with Crippen LogP contribution in [0.5, 0.6) is 5.75 Å². The number of halogens is 1. The summed E-state index contributed by atoms with van der Waals surface area (Å²) in [5.41, 5.74) is 16.5. The smallest absolute Gasteiger partial charge is 0.223 e. The molecule has 0 amide bonds. The van der Waals surface area contributed by atoms with Crippen molar-refractivity contribution in [3.63, 3.8) is 0 Å². The van der Waals surface area contributed by atoms with Gasteiger partial charge in [0.1, 0.15) is 5.75 Å². The van der Waals surface area contributed by atoms with Crippen molar-refractivity contribution in [2.24, 2.45) is 33.1 Å². The number of hydrogen-bond donors (Lipinski definition) is 3. The van der Waals surface area contributed by atoms with Crippen molar-refractivity contribution in [1.29, 1.82) is 0 Å². The molecule has 0 unspecified atom stereocenters. The van der Waals surface area contributed by atoms with E-state index in [1.54, 1.807) is 18.2 Å². The SMILES string of the molecule is NC(N)=NC(N)=Nc1ccc(OCC2CC2)c(Cl)c1. The van der Waals surface area contributed by atoms with Gasteiger partial charge in [-0.15, -0.1) is 0 Å². The Morgan fingerprint density at radius 2 is 2.05 bits per heavy atom. The third kappa shape index (κ3) is 4.33. The minimum Gasteiger partial charge on any atom is -0.492 e. The minimum atomic E-state index is -0.142. The molecule has 1 aliphatic rings. The summed E-state index contributed by atoms with van der Waals surface area (Å²) in [6.07, 6.45) is 2.46. The summed E-state index contributed by atoms with van der Waals surface area (Å²) < 4.78 is 5.61. The van der Waals surface area contributed by atoms with E-state index in [-0.39, 0.29) is 11.9 Å². The van der Waals surface area contributed by atoms with Crippen LogP contribution < -0.4 is 21.9 Å². The van der Waals surface area contributed by atoms with Gasteiger partial charge in [0.15, 0.2) is 5.96 Å². The summed E-state index contributed by atoms with van der Waals surface area (Å²) in [4.78, 5) is 7.63. The molecule has 0 heterocycles. The first-order chi connectivity index (χ1) is 9.04. The van der Waals surface area contributed by atoms with Crippen molar-refractivity contribution in [3.8, 4) is 5.75 Å². The Bertz CT molecular complexity index is 521. The van der Waals surface area contributed by atoms with Gasteiger partial charge in [-0.1, -0.05) is 11.6 Å². The Morgan fingerprint density at radius 1 is 1.32 bits per heavy atom. The molecule has 0 saturated heterocycles. The molecule has 19 heavy (non-hydrogen) atoms. The fourth-order valence-electron chi connectivity index (χ4n) is 1.46. The molecule has 1 aromatic carbocycles. The zero-order valence-corrected chi connectivity index (χ0v) is 11.1. The molecule has 6 N–H and O–H groups in total. The van der Waals surface area contributed by atoms with Crippen molar-refractivity contribution in [1.82, 2.24) is 0 Å². The van der Waals surface area contributed by atoms with E-state index < -0.39 is 0 Å². The van der Waals surface area contributed by atoms with Crippen LogP contribution in [-0.4, -0.2) is 18.5 Å². The van der Waals surface area contributed by atoms with Gasteiger partial charge in [-0.3, -0.25) is 0 Å². The number of nitrogens with zero attached hydrogens (tertiary/aromatic N) is 2. The molecule has 6 nitrogen and oxygen atoms in total. The maximum absolute atomic E-state index is 6.10. The Morgan fingerprint density at radius 3 is 2.63 bits per heavy atom. The highest BCUT2D eigenvalue weighted by atomic mass is 35.5. The first-order valence-corrected chi connectivity index (χ1v) is 6.28. The number of ether oxygens (including phenoxy) is 1. The third-order valence-corrected chi connectivity index (χ3v) is 2.87. The van der Waals surface area contributed by atoms with Crippen molar-refractivity contribution in [2.75, 3.05) is 6.61 Å². The first-order valence-electron chi connectivity index (χ1n) is 5.91. The van der Waals surface area contributed by atoms with Gasteiger partial charge in [-0.2, -0.15) is 4.99 Å². The lowest BCUT2D eigenvalue weighted by Crippen LogP contribution is -2.26. The van der Waals surface area contributed by atoms with Gasteiger partial charge in [-0.05, 0) is 37.0 Å². The molecule has 0 radical (unpaired) electrons. The van der Waals surface area contributed by atoms with E-state index >= 15 is 0 Å². The van der Waals surface area contributed by atoms with E-state index in [9.17, 15) is 0 Å². The molecule has 1 aliphatic carbocycles. The summed E-state index contributed by atoms with van der Waals surface area (Å²) in [5, 5.41) is 0.486. The highest BCUT2D eigenvalue weighted by Crippen LogP contribution is 2.33. The van der Waals surface area contributed by atoms with Gasteiger partial charge >= 0.3 is 0 Å². The van der Waals surface area contributed by atoms with Crippen LogP contribution in [0.2, 0.25) is 5.02 Å². The summed E-state index contributed by atoms with van der Waals surface area (Å²) in [6.45, 7) is 0.707. The monoisotopic (exact) mass is 281 g/mol. The molecule has 2 rings (SSSR count). The average Bonchev–Trinajstić information content (AvgIpc) is 3.10. The second-order valence-corrected chi connectivity index (χ2v) is 4.78. The Kier molecular flexibility index (Phi) is 4.11. The summed E-state index contributed by atoms with van der Waals surface area (Å²) in [5.74, 6) is 1.15. The van der Waals surface area contributed by atoms with E-state index in [2.05, 4.69) is 9.98 Å². The number of benzene rings is 1. The summed E-state index contributed by atoms with van der Waals surface area (Å²) in [7, 11) is 0. The molecular formula is C12H16ClN5O. The topological polar surface area (TPSA) is 112 Å². The van der Waals surface area contributed by atoms with Crippen LogP contribution in [-0.2, 0) is 0 Å². The molecule has 0 aliphatic heterocycles. The van der Waals surface area contributed by atoms with Crippen molar-refractivity contribution in [2.45, 2.75) is 12.8 Å². The predicted molar refractivity (Wildman–Crippen MR) is 76.8 cm³/mol. The second-order valence-electron chi connectivity index (χ2n) is 4.38. The average molecular weight is 282 g/mol. The maximum Gasteiger partial charge on any atom is 0.223 e. The number of guanidine groups is 2. The quantitative estimate of drug-likeness (QED) is 0.571. The lowest BCUT2D eigenvalue weighted by molar-refractivity contribution is 0.300.